The van der Waals surface area contributed by atoms with E-state index in [-0.39, 0.29) is 37.5 Å². The number of nitrogens with zero attached hydrogens (tertiary/aromatic N) is 4. The van der Waals surface area contributed by atoms with Crippen molar-refractivity contribution in [3.63, 3.8) is 0 Å². The molecule has 3 aromatic rings. The lowest BCUT2D eigenvalue weighted by Gasteiger charge is -2.55. The van der Waals surface area contributed by atoms with Crippen LogP contribution in [0.1, 0.15) is 23.1 Å². The highest BCUT2D eigenvalue weighted by molar-refractivity contribution is 5.91. The van der Waals surface area contributed by atoms with Gasteiger partial charge in [0, 0.05) is 19.5 Å². The molecule has 0 spiro atoms. The molecule has 4 amide bonds. The number of carbonyl (C=O) groups is 3. The van der Waals surface area contributed by atoms with Crippen LogP contribution in [0.5, 0.6) is 0 Å². The first-order valence-electron chi connectivity index (χ1n) is 14.0. The van der Waals surface area contributed by atoms with Gasteiger partial charge in [-0.05, 0) is 29.5 Å². The number of nitrogens with one attached hydrogen (secondary N) is 1. The third-order valence-electron chi connectivity index (χ3n) is 7.61. The molecule has 0 saturated carbocycles. The number of fused-ring (bicyclic) bond motifs is 1. The Morgan fingerprint density at radius 1 is 0.878 bits per heavy atom. The summed E-state index contributed by atoms with van der Waals surface area (Å²) in [5.74, 6) is 2.28. The summed E-state index contributed by atoms with van der Waals surface area (Å²) in [6.07, 6.45) is 6.94. The predicted octanol–water partition coefficient (Wildman–Crippen LogP) is 3.30. The maximum atomic E-state index is 13.9. The average Bonchev–Trinajstić information content (AvgIpc) is 2.99. The fraction of sp³-hybridized carbons (Fsp3) is 0.303. The third-order valence-corrected chi connectivity index (χ3v) is 7.61. The standard InChI is InChI=1S/C33H35N5O3/c1-2-20-36-25-31(39)37-29(22-27-15-8-4-9-16-27)32(40)35(21-12-19-26-13-6-3-7-14-26)24-30(37)38(36)33(41)34-23-28-17-10-5-11-18-28/h1,3-11,13-18,29-30H,12,19-25H2,(H,34,41)/t29-,30-/m0/s1. The summed E-state index contributed by atoms with van der Waals surface area (Å²) in [4.78, 5) is 44.7. The lowest BCUT2D eigenvalue weighted by molar-refractivity contribution is -0.188. The second-order valence-electron chi connectivity index (χ2n) is 10.4. The molecular formula is C33H35N5O3. The lowest BCUT2D eigenvalue weighted by atomic mass is 9.98. The summed E-state index contributed by atoms with van der Waals surface area (Å²) >= 11 is 0. The van der Waals surface area contributed by atoms with E-state index in [0.717, 1.165) is 24.0 Å². The molecule has 41 heavy (non-hydrogen) atoms. The largest absolute Gasteiger partial charge is 0.337 e. The Kier molecular flexibility index (Phi) is 8.97. The van der Waals surface area contributed by atoms with Gasteiger partial charge in [0.1, 0.15) is 12.2 Å². The summed E-state index contributed by atoms with van der Waals surface area (Å²) in [5.41, 5.74) is 3.11. The van der Waals surface area contributed by atoms with E-state index in [0.29, 0.717) is 19.5 Å². The Morgan fingerprint density at radius 2 is 1.49 bits per heavy atom. The molecule has 2 aliphatic rings. The molecule has 1 N–H and O–H groups in total. The van der Waals surface area contributed by atoms with Crippen molar-refractivity contribution >= 4 is 17.8 Å². The van der Waals surface area contributed by atoms with Gasteiger partial charge in [0.2, 0.25) is 11.8 Å². The van der Waals surface area contributed by atoms with E-state index >= 15 is 0 Å². The number of hydrazine groups is 1. The molecule has 2 atom stereocenters. The number of hydrogen-bond donors (Lipinski definition) is 1. The predicted molar refractivity (Wildman–Crippen MR) is 157 cm³/mol. The minimum Gasteiger partial charge on any atom is -0.337 e. The van der Waals surface area contributed by atoms with Crippen LogP contribution in [0.15, 0.2) is 91.0 Å². The fourth-order valence-corrected chi connectivity index (χ4v) is 5.65. The summed E-state index contributed by atoms with van der Waals surface area (Å²) in [5, 5.41) is 6.16. The first-order valence-corrected chi connectivity index (χ1v) is 14.0. The van der Waals surface area contributed by atoms with Gasteiger partial charge >= 0.3 is 6.03 Å². The highest BCUT2D eigenvalue weighted by Gasteiger charge is 2.51. The molecule has 2 heterocycles. The molecule has 0 unspecified atom stereocenters. The van der Waals surface area contributed by atoms with Crippen molar-refractivity contribution in [2.24, 2.45) is 0 Å². The van der Waals surface area contributed by atoms with Gasteiger partial charge in [-0.2, -0.15) is 5.01 Å². The van der Waals surface area contributed by atoms with E-state index in [4.69, 9.17) is 6.42 Å². The fourth-order valence-electron chi connectivity index (χ4n) is 5.65. The molecule has 5 rings (SSSR count). The maximum Gasteiger partial charge on any atom is 0.334 e. The smallest absolute Gasteiger partial charge is 0.334 e. The Morgan fingerprint density at radius 3 is 2.12 bits per heavy atom. The number of carbonyl (C=O) groups excluding carboxylic acids is 3. The number of urea groups is 1. The van der Waals surface area contributed by atoms with Crippen molar-refractivity contribution < 1.29 is 14.4 Å². The van der Waals surface area contributed by atoms with Gasteiger partial charge in [-0.1, -0.05) is 96.9 Å². The van der Waals surface area contributed by atoms with Crippen molar-refractivity contribution in [1.82, 2.24) is 25.1 Å². The number of terminal acetylenes is 1. The van der Waals surface area contributed by atoms with Crippen molar-refractivity contribution in [2.45, 2.75) is 38.0 Å². The quantitative estimate of drug-likeness (QED) is 0.416. The molecule has 210 valence electrons. The van der Waals surface area contributed by atoms with E-state index in [1.54, 1.807) is 14.9 Å². The molecule has 0 aromatic heterocycles. The lowest BCUT2D eigenvalue weighted by Crippen LogP contribution is -2.76. The first-order chi connectivity index (χ1) is 20.0. The first kappa shape index (κ1) is 27.9. The zero-order valence-electron chi connectivity index (χ0n) is 23.1. The Hall–Kier alpha value is -4.61. The Labute approximate surface area is 241 Å². The SMILES string of the molecule is C#CCN1CC(=O)N2[C@@H](Cc3ccccc3)C(=O)N(CCCc3ccccc3)C[C@@H]2N1C(=O)NCc1ccccc1. The zero-order chi connectivity index (χ0) is 28.6. The highest BCUT2D eigenvalue weighted by atomic mass is 16.2. The summed E-state index contributed by atoms with van der Waals surface area (Å²) < 4.78 is 0. The minimum atomic E-state index is -0.724. The molecule has 2 fully saturated rings. The maximum absolute atomic E-state index is 13.9. The molecule has 8 heteroatoms. The normalized spacial score (nSPS) is 19.0. The Bertz CT molecular complexity index is 1380. The van der Waals surface area contributed by atoms with Gasteiger partial charge < -0.3 is 15.1 Å². The second kappa shape index (κ2) is 13.2. The van der Waals surface area contributed by atoms with Gasteiger partial charge in [0.05, 0.1) is 19.6 Å². The van der Waals surface area contributed by atoms with Gasteiger partial charge in [0.15, 0.2) is 0 Å². The molecule has 8 nitrogen and oxygen atoms in total. The molecular weight excluding hydrogens is 514 g/mol. The van der Waals surface area contributed by atoms with Crippen molar-refractivity contribution in [1.29, 1.82) is 0 Å². The number of aryl methyl sites for hydroxylation is 1. The zero-order valence-corrected chi connectivity index (χ0v) is 23.1. The second-order valence-corrected chi connectivity index (χ2v) is 10.4. The molecule has 0 bridgehead atoms. The summed E-state index contributed by atoms with van der Waals surface area (Å²) in [6.45, 7) is 1.08. The van der Waals surface area contributed by atoms with Crippen molar-refractivity contribution in [2.75, 3.05) is 26.2 Å². The minimum absolute atomic E-state index is 0.0773. The van der Waals surface area contributed by atoms with Crippen LogP contribution in [0.3, 0.4) is 0 Å². The van der Waals surface area contributed by atoms with Crippen LogP contribution < -0.4 is 5.32 Å². The van der Waals surface area contributed by atoms with Crippen molar-refractivity contribution in [3.8, 4) is 12.3 Å². The number of piperazine rings is 1. The number of rotatable bonds is 9. The summed E-state index contributed by atoms with van der Waals surface area (Å²) in [7, 11) is 0. The van der Waals surface area contributed by atoms with Crippen molar-refractivity contribution in [3.05, 3.63) is 108 Å². The van der Waals surface area contributed by atoms with Crippen LogP contribution in [0.2, 0.25) is 0 Å². The third kappa shape index (κ3) is 6.59. The van der Waals surface area contributed by atoms with Crippen LogP contribution >= 0.6 is 0 Å². The summed E-state index contributed by atoms with van der Waals surface area (Å²) in [6, 6.07) is 28.4. The van der Waals surface area contributed by atoms with E-state index < -0.39 is 12.2 Å². The van der Waals surface area contributed by atoms with Crippen LogP contribution in [0, 0.1) is 12.3 Å². The molecule has 2 saturated heterocycles. The van der Waals surface area contributed by atoms with E-state index in [1.807, 2.05) is 83.8 Å². The average molecular weight is 550 g/mol. The van der Waals surface area contributed by atoms with Crippen LogP contribution in [0.25, 0.3) is 0 Å². The van der Waals surface area contributed by atoms with E-state index in [2.05, 4.69) is 23.4 Å². The molecule has 3 aromatic carbocycles. The van der Waals surface area contributed by atoms with Gasteiger partial charge in [0.25, 0.3) is 0 Å². The highest BCUT2D eigenvalue weighted by Crippen LogP contribution is 2.28. The molecule has 2 aliphatic heterocycles. The monoisotopic (exact) mass is 549 g/mol. The number of benzene rings is 3. The Balaban J connectivity index is 1.42. The van der Waals surface area contributed by atoms with Gasteiger partial charge in [-0.15, -0.1) is 6.42 Å². The van der Waals surface area contributed by atoms with Gasteiger partial charge in [-0.25, -0.2) is 9.80 Å². The van der Waals surface area contributed by atoms with Gasteiger partial charge in [-0.3, -0.25) is 9.59 Å². The molecule has 0 radical (unpaired) electrons. The topological polar surface area (TPSA) is 76.2 Å². The number of amides is 4. The van der Waals surface area contributed by atoms with Crippen LogP contribution in [-0.4, -0.2) is 76.0 Å². The van der Waals surface area contributed by atoms with E-state index in [9.17, 15) is 14.4 Å². The van der Waals surface area contributed by atoms with Crippen LogP contribution in [-0.2, 0) is 29.0 Å². The molecule has 0 aliphatic carbocycles. The van der Waals surface area contributed by atoms with E-state index in [1.165, 1.54) is 5.56 Å². The number of hydrogen-bond acceptors (Lipinski definition) is 4. The van der Waals surface area contributed by atoms with Crippen LogP contribution in [0.4, 0.5) is 4.79 Å².